The van der Waals surface area contributed by atoms with E-state index in [1.54, 1.807) is 11.1 Å². The van der Waals surface area contributed by atoms with Crippen molar-refractivity contribution < 1.29 is 0 Å². The highest BCUT2D eigenvalue weighted by atomic mass is 15.1. The number of hydrogen-bond acceptors (Lipinski definition) is 2. The Morgan fingerprint density at radius 2 is 1.87 bits per heavy atom. The van der Waals surface area contributed by atoms with Gasteiger partial charge < -0.3 is 5.32 Å². The topological polar surface area (TPSA) is 15.3 Å². The Morgan fingerprint density at radius 1 is 1.09 bits per heavy atom. The first-order chi connectivity index (χ1) is 11.0. The van der Waals surface area contributed by atoms with Gasteiger partial charge in [0.05, 0.1) is 0 Å². The Labute approximate surface area is 141 Å². The summed E-state index contributed by atoms with van der Waals surface area (Å²) >= 11 is 0. The summed E-state index contributed by atoms with van der Waals surface area (Å²) in [5.74, 6) is 0. The first-order valence-corrected chi connectivity index (χ1v) is 9.37. The molecule has 124 valence electrons. The Kier molecular flexibility index (Phi) is 3.76. The van der Waals surface area contributed by atoms with Gasteiger partial charge in [-0.05, 0) is 81.0 Å². The summed E-state index contributed by atoms with van der Waals surface area (Å²) in [5, 5.41) is 3.78. The molecule has 1 saturated heterocycles. The number of fused-ring (bicyclic) bond motifs is 2. The highest BCUT2D eigenvalue weighted by Gasteiger charge is 2.33. The fourth-order valence-electron chi connectivity index (χ4n) is 4.71. The summed E-state index contributed by atoms with van der Waals surface area (Å²) in [7, 11) is 0. The number of likely N-dealkylation sites (tertiary alicyclic amines) is 1. The molecule has 0 unspecified atom stereocenters. The lowest BCUT2D eigenvalue weighted by molar-refractivity contribution is 0.331. The number of rotatable bonds is 2. The average molecular weight is 310 g/mol. The van der Waals surface area contributed by atoms with Gasteiger partial charge in [-0.2, -0.15) is 0 Å². The van der Waals surface area contributed by atoms with E-state index in [-0.39, 0.29) is 5.41 Å². The Balaban J connectivity index is 1.72. The van der Waals surface area contributed by atoms with E-state index in [9.17, 15) is 0 Å². The van der Waals surface area contributed by atoms with Crippen LogP contribution in [0.1, 0.15) is 62.6 Å². The third kappa shape index (κ3) is 2.71. The van der Waals surface area contributed by atoms with Gasteiger partial charge in [-0.3, -0.25) is 4.90 Å². The van der Waals surface area contributed by atoms with Gasteiger partial charge in [-0.15, -0.1) is 0 Å². The first-order valence-electron chi connectivity index (χ1n) is 9.37. The van der Waals surface area contributed by atoms with Crippen molar-refractivity contribution in [3.8, 4) is 0 Å². The molecule has 1 fully saturated rings. The molecular formula is C21H30N2. The second-order valence-corrected chi connectivity index (χ2v) is 8.36. The maximum absolute atomic E-state index is 3.78. The normalized spacial score (nSPS) is 23.4. The van der Waals surface area contributed by atoms with Crippen LogP contribution < -0.4 is 5.32 Å². The lowest BCUT2D eigenvalue weighted by atomic mass is 9.81. The van der Waals surface area contributed by atoms with Gasteiger partial charge in [0.1, 0.15) is 0 Å². The predicted molar refractivity (Wildman–Crippen MR) is 98.7 cm³/mol. The lowest BCUT2D eigenvalue weighted by Crippen LogP contribution is -2.24. The van der Waals surface area contributed by atoms with Crippen LogP contribution >= 0.6 is 0 Å². The molecule has 0 saturated carbocycles. The Morgan fingerprint density at radius 3 is 2.65 bits per heavy atom. The van der Waals surface area contributed by atoms with Crippen molar-refractivity contribution in [2.45, 2.75) is 59.4 Å². The van der Waals surface area contributed by atoms with E-state index in [0.29, 0.717) is 0 Å². The van der Waals surface area contributed by atoms with Gasteiger partial charge in [0.15, 0.2) is 0 Å². The molecule has 4 rings (SSSR count). The van der Waals surface area contributed by atoms with Gasteiger partial charge in [0.25, 0.3) is 0 Å². The van der Waals surface area contributed by atoms with Crippen LogP contribution in [0.15, 0.2) is 17.7 Å². The molecule has 1 N–H and O–H groups in total. The summed E-state index contributed by atoms with van der Waals surface area (Å²) in [5.41, 5.74) is 9.49. The van der Waals surface area contributed by atoms with Gasteiger partial charge >= 0.3 is 0 Å². The van der Waals surface area contributed by atoms with Crippen LogP contribution in [0.5, 0.6) is 0 Å². The zero-order valence-electron chi connectivity index (χ0n) is 15.0. The van der Waals surface area contributed by atoms with Crippen molar-refractivity contribution in [1.29, 1.82) is 0 Å². The molecule has 0 bridgehead atoms. The standard InChI is InChI=1S/C21H30N2/c1-15-11-18-17-7-6-8-19(17)21(2,3)14-22-20(18)12-16(15)13-23-9-4-5-10-23/h11-12,22H,4-10,13-14H2,1-3H3. The molecular weight excluding hydrogens is 280 g/mol. The van der Waals surface area contributed by atoms with Crippen LogP contribution in [-0.4, -0.2) is 24.5 Å². The maximum atomic E-state index is 3.78. The third-order valence-electron chi connectivity index (χ3n) is 6.15. The number of nitrogens with zero attached hydrogens (tertiary/aromatic N) is 1. The van der Waals surface area contributed by atoms with Crippen molar-refractivity contribution >= 4 is 11.3 Å². The monoisotopic (exact) mass is 310 g/mol. The van der Waals surface area contributed by atoms with Crippen LogP contribution in [0, 0.1) is 12.3 Å². The zero-order chi connectivity index (χ0) is 16.0. The van der Waals surface area contributed by atoms with E-state index < -0.39 is 0 Å². The summed E-state index contributed by atoms with van der Waals surface area (Å²) in [6, 6.07) is 4.92. The van der Waals surface area contributed by atoms with Gasteiger partial charge in [-0.1, -0.05) is 19.4 Å². The minimum atomic E-state index is 0.286. The maximum Gasteiger partial charge on any atom is 0.0420 e. The third-order valence-corrected chi connectivity index (χ3v) is 6.15. The largest absolute Gasteiger partial charge is 0.384 e. The number of nitrogens with one attached hydrogen (secondary N) is 1. The van der Waals surface area contributed by atoms with E-state index in [2.05, 4.69) is 43.1 Å². The predicted octanol–water partition coefficient (Wildman–Crippen LogP) is 4.98. The minimum absolute atomic E-state index is 0.286. The summed E-state index contributed by atoms with van der Waals surface area (Å²) in [6.07, 6.45) is 6.62. The molecule has 3 aliphatic rings. The van der Waals surface area contributed by atoms with Crippen LogP contribution in [-0.2, 0) is 6.54 Å². The molecule has 1 aromatic carbocycles. The molecule has 2 heteroatoms. The van der Waals surface area contributed by atoms with E-state index in [0.717, 1.165) is 13.1 Å². The molecule has 1 aromatic rings. The molecule has 23 heavy (non-hydrogen) atoms. The average Bonchev–Trinajstić information content (AvgIpc) is 3.17. The Hall–Kier alpha value is -1.28. The fraction of sp³-hybridized carbons (Fsp3) is 0.619. The van der Waals surface area contributed by atoms with E-state index >= 15 is 0 Å². The molecule has 0 aromatic heterocycles. The van der Waals surface area contributed by atoms with E-state index in [4.69, 9.17) is 0 Å². The fourth-order valence-corrected chi connectivity index (χ4v) is 4.71. The number of aryl methyl sites for hydroxylation is 1. The zero-order valence-corrected chi connectivity index (χ0v) is 15.0. The summed E-state index contributed by atoms with van der Waals surface area (Å²) < 4.78 is 0. The number of anilines is 1. The van der Waals surface area contributed by atoms with Gasteiger partial charge in [0.2, 0.25) is 0 Å². The summed E-state index contributed by atoms with van der Waals surface area (Å²) in [4.78, 5) is 2.61. The molecule has 0 spiro atoms. The van der Waals surface area contributed by atoms with Gasteiger partial charge in [-0.25, -0.2) is 0 Å². The first kappa shape index (κ1) is 15.3. The minimum Gasteiger partial charge on any atom is -0.384 e. The SMILES string of the molecule is Cc1cc2c(cc1CN1CCCC1)NCC(C)(C)C1=C2CCC1. The molecule has 0 amide bonds. The number of benzene rings is 1. The Bertz CT molecular complexity index is 648. The molecule has 0 atom stereocenters. The second kappa shape index (κ2) is 5.66. The van der Waals surface area contributed by atoms with Crippen LogP contribution in [0.4, 0.5) is 5.69 Å². The van der Waals surface area contributed by atoms with E-state index in [1.165, 1.54) is 67.6 Å². The molecule has 1 aliphatic carbocycles. The van der Waals surface area contributed by atoms with Crippen LogP contribution in [0.25, 0.3) is 5.57 Å². The highest BCUT2D eigenvalue weighted by Crippen LogP contribution is 2.48. The molecule has 2 aliphatic heterocycles. The lowest BCUT2D eigenvalue weighted by Gasteiger charge is -2.26. The van der Waals surface area contributed by atoms with Crippen molar-refractivity contribution in [3.63, 3.8) is 0 Å². The van der Waals surface area contributed by atoms with Crippen LogP contribution in [0.2, 0.25) is 0 Å². The molecule has 0 radical (unpaired) electrons. The number of allylic oxidation sites excluding steroid dienone is 1. The second-order valence-electron chi connectivity index (χ2n) is 8.36. The van der Waals surface area contributed by atoms with Crippen LogP contribution in [0.3, 0.4) is 0 Å². The van der Waals surface area contributed by atoms with Crippen molar-refractivity contribution in [2.24, 2.45) is 5.41 Å². The number of hydrogen-bond donors (Lipinski definition) is 1. The van der Waals surface area contributed by atoms with Crippen molar-refractivity contribution in [2.75, 3.05) is 25.0 Å². The van der Waals surface area contributed by atoms with Crippen molar-refractivity contribution in [3.05, 3.63) is 34.4 Å². The highest BCUT2D eigenvalue weighted by molar-refractivity contribution is 5.82. The van der Waals surface area contributed by atoms with Gasteiger partial charge in [0, 0.05) is 29.8 Å². The van der Waals surface area contributed by atoms with Crippen molar-refractivity contribution in [1.82, 2.24) is 4.90 Å². The summed E-state index contributed by atoms with van der Waals surface area (Å²) in [6.45, 7) is 11.8. The molecule has 2 nitrogen and oxygen atoms in total. The smallest absolute Gasteiger partial charge is 0.0420 e. The quantitative estimate of drug-likeness (QED) is 0.828. The molecule has 2 heterocycles. The van der Waals surface area contributed by atoms with E-state index in [1.807, 2.05) is 0 Å².